The zero-order valence-electron chi connectivity index (χ0n) is 9.15. The minimum atomic E-state index is -0.190. The van der Waals surface area contributed by atoms with Gasteiger partial charge in [-0.2, -0.15) is 0 Å². The van der Waals surface area contributed by atoms with Crippen LogP contribution in [-0.4, -0.2) is 22.1 Å². The van der Waals surface area contributed by atoms with Crippen LogP contribution in [-0.2, 0) is 0 Å². The van der Waals surface area contributed by atoms with Crippen molar-refractivity contribution >= 4 is 22.4 Å². The topological polar surface area (TPSA) is 80.9 Å². The van der Waals surface area contributed by atoms with Crippen molar-refractivity contribution < 1.29 is 4.79 Å². The lowest BCUT2D eigenvalue weighted by molar-refractivity contribution is 0.0923. The van der Waals surface area contributed by atoms with Gasteiger partial charge in [0, 0.05) is 6.04 Å². The van der Waals surface area contributed by atoms with Gasteiger partial charge >= 0.3 is 0 Å². The van der Waals surface area contributed by atoms with Crippen LogP contribution in [0.25, 0.3) is 0 Å². The summed E-state index contributed by atoms with van der Waals surface area (Å²) >= 11 is 1.10. The monoisotopic (exact) mass is 228 g/mol. The number of anilines is 1. The highest BCUT2D eigenvalue weighted by atomic mass is 32.1. The summed E-state index contributed by atoms with van der Waals surface area (Å²) in [6.07, 6.45) is 0.900. The van der Waals surface area contributed by atoms with Crippen molar-refractivity contribution in [3.8, 4) is 0 Å². The Kier molecular flexibility index (Phi) is 4.02. The van der Waals surface area contributed by atoms with Crippen molar-refractivity contribution in [2.24, 2.45) is 5.92 Å². The Balaban J connectivity index is 2.62. The molecule has 6 heteroatoms. The van der Waals surface area contributed by atoms with E-state index in [0.29, 0.717) is 16.1 Å². The predicted octanol–water partition coefficient (Wildman–Crippen LogP) is 1.28. The van der Waals surface area contributed by atoms with E-state index in [-0.39, 0.29) is 11.9 Å². The molecule has 0 radical (unpaired) electrons. The highest BCUT2D eigenvalue weighted by Gasteiger charge is 2.17. The molecular weight excluding hydrogens is 212 g/mol. The second kappa shape index (κ2) is 5.06. The summed E-state index contributed by atoms with van der Waals surface area (Å²) in [4.78, 5) is 11.7. The maximum absolute atomic E-state index is 11.7. The molecule has 5 nitrogen and oxygen atoms in total. The minimum Gasteiger partial charge on any atom is -0.374 e. The molecule has 1 amide bonds. The van der Waals surface area contributed by atoms with Gasteiger partial charge in [-0.25, -0.2) is 0 Å². The first-order valence-corrected chi connectivity index (χ1v) is 5.76. The van der Waals surface area contributed by atoms with Gasteiger partial charge in [0.1, 0.15) is 0 Å². The number of hydrogen-bond donors (Lipinski definition) is 2. The standard InChI is InChI=1S/C9H16N4OS/c1-4-6(5(2)3)11-7(14)8-12-13-9(10)15-8/h5-6H,4H2,1-3H3,(H2,10,13)(H,11,14). The lowest BCUT2D eigenvalue weighted by Gasteiger charge is -2.19. The van der Waals surface area contributed by atoms with Crippen molar-refractivity contribution in [1.82, 2.24) is 15.5 Å². The molecule has 0 bridgehead atoms. The lowest BCUT2D eigenvalue weighted by Crippen LogP contribution is -2.37. The van der Waals surface area contributed by atoms with Gasteiger partial charge in [-0.1, -0.05) is 32.1 Å². The van der Waals surface area contributed by atoms with E-state index in [1.165, 1.54) is 0 Å². The summed E-state index contributed by atoms with van der Waals surface area (Å²) in [5.41, 5.74) is 5.40. The summed E-state index contributed by atoms with van der Waals surface area (Å²) in [7, 11) is 0. The van der Waals surface area contributed by atoms with Crippen LogP contribution in [0.3, 0.4) is 0 Å². The fourth-order valence-corrected chi connectivity index (χ4v) is 1.81. The smallest absolute Gasteiger partial charge is 0.282 e. The van der Waals surface area contributed by atoms with Crippen molar-refractivity contribution in [1.29, 1.82) is 0 Å². The van der Waals surface area contributed by atoms with Crippen molar-refractivity contribution in [3.05, 3.63) is 5.01 Å². The summed E-state index contributed by atoms with van der Waals surface area (Å²) in [6.45, 7) is 6.19. The van der Waals surface area contributed by atoms with Crippen LogP contribution in [0.15, 0.2) is 0 Å². The van der Waals surface area contributed by atoms with Crippen LogP contribution in [0.5, 0.6) is 0 Å². The number of amides is 1. The van der Waals surface area contributed by atoms with E-state index >= 15 is 0 Å². The number of nitrogen functional groups attached to an aromatic ring is 1. The van der Waals surface area contributed by atoms with Crippen LogP contribution in [0.1, 0.15) is 37.0 Å². The summed E-state index contributed by atoms with van der Waals surface area (Å²) < 4.78 is 0. The molecule has 0 saturated heterocycles. The van der Waals surface area contributed by atoms with Gasteiger partial charge in [0.05, 0.1) is 0 Å². The molecule has 1 rings (SSSR count). The van der Waals surface area contributed by atoms with E-state index in [2.05, 4.69) is 29.4 Å². The van der Waals surface area contributed by atoms with Crippen LogP contribution in [0.2, 0.25) is 0 Å². The van der Waals surface area contributed by atoms with E-state index in [1.807, 2.05) is 6.92 Å². The number of aromatic nitrogens is 2. The van der Waals surface area contributed by atoms with Crippen molar-refractivity contribution in [2.75, 3.05) is 5.73 Å². The van der Waals surface area contributed by atoms with Gasteiger partial charge in [-0.15, -0.1) is 10.2 Å². The van der Waals surface area contributed by atoms with Crippen LogP contribution >= 0.6 is 11.3 Å². The van der Waals surface area contributed by atoms with Crippen LogP contribution in [0, 0.1) is 5.92 Å². The minimum absolute atomic E-state index is 0.169. The number of rotatable bonds is 4. The molecule has 1 aromatic heterocycles. The number of nitrogens with two attached hydrogens (primary N) is 1. The number of carbonyl (C=O) groups is 1. The molecule has 0 spiro atoms. The Labute approximate surface area is 93.1 Å². The second-order valence-corrected chi connectivity index (χ2v) is 4.69. The molecule has 0 aliphatic heterocycles. The Hall–Kier alpha value is -1.17. The summed E-state index contributed by atoms with van der Waals surface area (Å²) in [5.74, 6) is 0.217. The molecule has 1 atom stereocenters. The van der Waals surface area contributed by atoms with Gasteiger partial charge in [0.2, 0.25) is 10.1 Å². The Morgan fingerprint density at radius 2 is 2.20 bits per heavy atom. The fourth-order valence-electron chi connectivity index (χ4n) is 1.30. The average molecular weight is 228 g/mol. The molecular formula is C9H16N4OS. The van der Waals surface area contributed by atoms with E-state index in [9.17, 15) is 4.79 Å². The molecule has 1 heterocycles. The van der Waals surface area contributed by atoms with Crippen LogP contribution < -0.4 is 11.1 Å². The van der Waals surface area contributed by atoms with Crippen molar-refractivity contribution in [2.45, 2.75) is 33.2 Å². The summed E-state index contributed by atoms with van der Waals surface area (Å²) in [5, 5.41) is 10.8. The normalized spacial score (nSPS) is 12.8. The molecule has 0 aliphatic carbocycles. The van der Waals surface area contributed by atoms with E-state index in [4.69, 9.17) is 5.73 Å². The summed E-state index contributed by atoms with van der Waals surface area (Å²) in [6, 6.07) is 0.169. The predicted molar refractivity (Wildman–Crippen MR) is 60.7 cm³/mol. The van der Waals surface area contributed by atoms with Crippen LogP contribution in [0.4, 0.5) is 5.13 Å². The number of carbonyl (C=O) groups excluding carboxylic acids is 1. The van der Waals surface area contributed by atoms with Gasteiger partial charge in [0.25, 0.3) is 5.91 Å². The number of hydrogen-bond acceptors (Lipinski definition) is 5. The molecule has 0 saturated carbocycles. The Bertz CT molecular complexity index is 337. The zero-order chi connectivity index (χ0) is 11.4. The molecule has 1 unspecified atom stereocenters. The maximum atomic E-state index is 11.7. The van der Waals surface area contributed by atoms with Gasteiger partial charge < -0.3 is 11.1 Å². The van der Waals surface area contributed by atoms with Gasteiger partial charge in [0.15, 0.2) is 0 Å². The van der Waals surface area contributed by atoms with Crippen molar-refractivity contribution in [3.63, 3.8) is 0 Å². The molecule has 0 aliphatic rings. The first kappa shape index (κ1) is 11.9. The first-order valence-electron chi connectivity index (χ1n) is 4.94. The number of nitrogens with zero attached hydrogens (tertiary/aromatic N) is 2. The third kappa shape index (κ3) is 3.16. The van der Waals surface area contributed by atoms with Gasteiger partial charge in [-0.3, -0.25) is 4.79 Å². The maximum Gasteiger partial charge on any atom is 0.282 e. The third-order valence-electron chi connectivity index (χ3n) is 2.20. The molecule has 84 valence electrons. The van der Waals surface area contributed by atoms with Gasteiger partial charge in [-0.05, 0) is 12.3 Å². The largest absolute Gasteiger partial charge is 0.374 e. The average Bonchev–Trinajstić information content (AvgIpc) is 2.60. The lowest BCUT2D eigenvalue weighted by atomic mass is 10.0. The highest BCUT2D eigenvalue weighted by Crippen LogP contribution is 2.12. The van der Waals surface area contributed by atoms with E-state index in [0.717, 1.165) is 17.8 Å². The second-order valence-electron chi connectivity index (χ2n) is 3.68. The quantitative estimate of drug-likeness (QED) is 0.813. The molecule has 3 N–H and O–H groups in total. The first-order chi connectivity index (χ1) is 7.04. The molecule has 0 aromatic carbocycles. The van der Waals surface area contributed by atoms with E-state index < -0.39 is 0 Å². The third-order valence-corrected chi connectivity index (χ3v) is 2.95. The Morgan fingerprint density at radius 3 is 2.60 bits per heavy atom. The zero-order valence-corrected chi connectivity index (χ0v) is 9.97. The SMILES string of the molecule is CCC(NC(=O)c1nnc(N)s1)C(C)C. The Morgan fingerprint density at radius 1 is 1.53 bits per heavy atom. The van der Waals surface area contributed by atoms with E-state index in [1.54, 1.807) is 0 Å². The number of nitrogens with one attached hydrogen (secondary N) is 1. The highest BCUT2D eigenvalue weighted by molar-refractivity contribution is 7.16. The molecule has 15 heavy (non-hydrogen) atoms. The fraction of sp³-hybridized carbons (Fsp3) is 0.667. The molecule has 0 fully saturated rings. The molecule has 1 aromatic rings.